The Morgan fingerprint density at radius 3 is 2.29 bits per heavy atom. The smallest absolute Gasteiger partial charge is 0.326 e. The third-order valence-corrected chi connectivity index (χ3v) is 2.94. The highest BCUT2D eigenvalue weighted by Gasteiger charge is 2.32. The Morgan fingerprint density at radius 1 is 1.36 bits per heavy atom. The number of halogens is 1. The first-order valence-electron chi connectivity index (χ1n) is 4.33. The van der Waals surface area contributed by atoms with Crippen LogP contribution in [0.2, 0.25) is 0 Å². The quantitative estimate of drug-likeness (QED) is 0.601. The Labute approximate surface area is 92.4 Å². The first-order chi connectivity index (χ1) is 6.48. The number of hydrogen-bond acceptors (Lipinski definition) is 2. The molecule has 1 aromatic rings. The van der Waals surface area contributed by atoms with E-state index in [0.29, 0.717) is 0 Å². The summed E-state index contributed by atoms with van der Waals surface area (Å²) in [4.78, 5) is 11.4. The lowest BCUT2D eigenvalue weighted by Crippen LogP contribution is -2.26. The Morgan fingerprint density at radius 2 is 1.86 bits per heavy atom. The molecule has 0 radical (unpaired) electrons. The highest BCUT2D eigenvalue weighted by atomic mass is 79.9. The van der Waals surface area contributed by atoms with Gasteiger partial charge in [-0.3, -0.25) is 4.79 Å². The Bertz CT molecular complexity index is 328. The van der Waals surface area contributed by atoms with Gasteiger partial charge >= 0.3 is 5.97 Å². The average Bonchev–Trinajstić information content (AvgIpc) is 2.17. The summed E-state index contributed by atoms with van der Waals surface area (Å²) in [6, 6.07) is 7.78. The maximum Gasteiger partial charge on any atom is 0.326 e. The molecule has 0 aromatic heterocycles. The molecule has 0 N–H and O–H groups in total. The molecule has 0 amide bonds. The van der Waals surface area contributed by atoms with E-state index in [9.17, 15) is 4.79 Å². The molecule has 1 atom stereocenters. The van der Waals surface area contributed by atoms with Gasteiger partial charge in [0.1, 0.15) is 4.32 Å². The molecule has 1 rings (SSSR count). The van der Waals surface area contributed by atoms with Crippen molar-refractivity contribution >= 4 is 21.9 Å². The van der Waals surface area contributed by atoms with Crippen LogP contribution in [-0.2, 0) is 13.9 Å². The Hall–Kier alpha value is -0.830. The maximum absolute atomic E-state index is 11.4. The minimum atomic E-state index is -0.755. The van der Waals surface area contributed by atoms with Gasteiger partial charge in [0, 0.05) is 0 Å². The Balaban J connectivity index is 3.03. The van der Waals surface area contributed by atoms with E-state index in [1.165, 1.54) is 12.7 Å². The summed E-state index contributed by atoms with van der Waals surface area (Å²) in [5.74, 6) is -0.290. The number of aryl methyl sites for hydroxylation is 1. The number of carbonyl (C=O) groups is 1. The van der Waals surface area contributed by atoms with E-state index in [0.717, 1.165) is 5.56 Å². The fourth-order valence-corrected chi connectivity index (χ4v) is 1.60. The first kappa shape index (κ1) is 11.2. The molecule has 0 bridgehead atoms. The van der Waals surface area contributed by atoms with Crippen molar-refractivity contribution in [2.24, 2.45) is 0 Å². The van der Waals surface area contributed by atoms with Gasteiger partial charge in [-0.05, 0) is 19.4 Å². The summed E-state index contributed by atoms with van der Waals surface area (Å²) in [7, 11) is 1.38. The topological polar surface area (TPSA) is 26.3 Å². The van der Waals surface area contributed by atoms with Crippen molar-refractivity contribution in [1.29, 1.82) is 0 Å². The normalized spacial score (nSPS) is 14.6. The van der Waals surface area contributed by atoms with Gasteiger partial charge in [-0.1, -0.05) is 45.8 Å². The fraction of sp³-hybridized carbons (Fsp3) is 0.364. The van der Waals surface area contributed by atoms with E-state index in [2.05, 4.69) is 15.9 Å². The van der Waals surface area contributed by atoms with Crippen molar-refractivity contribution in [3.05, 3.63) is 35.4 Å². The Kier molecular flexibility index (Phi) is 3.32. The largest absolute Gasteiger partial charge is 0.468 e. The van der Waals surface area contributed by atoms with E-state index >= 15 is 0 Å². The van der Waals surface area contributed by atoms with Crippen LogP contribution in [0.3, 0.4) is 0 Å². The zero-order valence-corrected chi connectivity index (χ0v) is 10.1. The highest BCUT2D eigenvalue weighted by Crippen LogP contribution is 2.32. The van der Waals surface area contributed by atoms with Gasteiger partial charge in [0.2, 0.25) is 0 Å². The van der Waals surface area contributed by atoms with Gasteiger partial charge in [-0.15, -0.1) is 0 Å². The minimum Gasteiger partial charge on any atom is -0.468 e. The van der Waals surface area contributed by atoms with Gasteiger partial charge < -0.3 is 4.74 Å². The van der Waals surface area contributed by atoms with Crippen LogP contribution >= 0.6 is 15.9 Å². The zero-order valence-electron chi connectivity index (χ0n) is 8.50. The molecular formula is C11H13BrO2. The van der Waals surface area contributed by atoms with Crippen LogP contribution in [-0.4, -0.2) is 13.1 Å². The van der Waals surface area contributed by atoms with Crippen molar-refractivity contribution in [3.63, 3.8) is 0 Å². The maximum atomic E-state index is 11.4. The molecule has 0 aliphatic rings. The number of methoxy groups -OCH3 is 1. The molecule has 0 fully saturated rings. The molecule has 0 spiro atoms. The predicted octanol–water partition coefficient (Wildman–Crippen LogP) is 2.78. The summed E-state index contributed by atoms with van der Waals surface area (Å²) in [6.07, 6.45) is 0. The van der Waals surface area contributed by atoms with Gasteiger partial charge in [0.15, 0.2) is 0 Å². The molecule has 0 aliphatic carbocycles. The van der Waals surface area contributed by atoms with Crippen LogP contribution in [0.4, 0.5) is 0 Å². The van der Waals surface area contributed by atoms with E-state index in [-0.39, 0.29) is 5.97 Å². The predicted molar refractivity (Wildman–Crippen MR) is 59.5 cm³/mol. The lowest BCUT2D eigenvalue weighted by atomic mass is 10.00. The van der Waals surface area contributed by atoms with Crippen LogP contribution in [0.15, 0.2) is 24.3 Å². The fourth-order valence-electron chi connectivity index (χ4n) is 1.18. The van der Waals surface area contributed by atoms with E-state index in [1.54, 1.807) is 6.92 Å². The minimum absolute atomic E-state index is 0.290. The lowest BCUT2D eigenvalue weighted by Gasteiger charge is -2.19. The molecule has 1 aromatic carbocycles. The van der Waals surface area contributed by atoms with E-state index in [1.807, 2.05) is 31.2 Å². The van der Waals surface area contributed by atoms with Gasteiger partial charge in [-0.25, -0.2) is 0 Å². The highest BCUT2D eigenvalue weighted by molar-refractivity contribution is 9.10. The van der Waals surface area contributed by atoms with Crippen molar-refractivity contribution < 1.29 is 9.53 Å². The monoisotopic (exact) mass is 256 g/mol. The van der Waals surface area contributed by atoms with E-state index < -0.39 is 4.32 Å². The van der Waals surface area contributed by atoms with Gasteiger partial charge in [0.25, 0.3) is 0 Å². The molecule has 14 heavy (non-hydrogen) atoms. The van der Waals surface area contributed by atoms with E-state index in [4.69, 9.17) is 4.74 Å². The van der Waals surface area contributed by atoms with Crippen molar-refractivity contribution in [1.82, 2.24) is 0 Å². The zero-order chi connectivity index (χ0) is 10.8. The SMILES string of the molecule is COC(=O)[C@](C)(Br)c1ccc(C)cc1. The van der Waals surface area contributed by atoms with Gasteiger partial charge in [0.05, 0.1) is 7.11 Å². The van der Waals surface area contributed by atoms with Crippen LogP contribution in [0.5, 0.6) is 0 Å². The van der Waals surface area contributed by atoms with Crippen LogP contribution in [0, 0.1) is 6.92 Å². The van der Waals surface area contributed by atoms with Crippen LogP contribution in [0.1, 0.15) is 18.1 Å². The molecule has 0 aliphatic heterocycles. The number of esters is 1. The lowest BCUT2D eigenvalue weighted by molar-refractivity contribution is -0.143. The third-order valence-electron chi connectivity index (χ3n) is 2.16. The van der Waals surface area contributed by atoms with Crippen molar-refractivity contribution in [2.75, 3.05) is 7.11 Å². The molecule has 3 heteroatoms. The number of rotatable bonds is 2. The summed E-state index contributed by atoms with van der Waals surface area (Å²) in [5, 5.41) is 0. The molecule has 0 heterocycles. The standard InChI is InChI=1S/C11H13BrO2/c1-8-4-6-9(7-5-8)11(2,12)10(13)14-3/h4-7H,1-3H3/t11-/m1/s1. The van der Waals surface area contributed by atoms with Crippen molar-refractivity contribution in [3.8, 4) is 0 Å². The summed E-state index contributed by atoms with van der Waals surface area (Å²) in [6.45, 7) is 3.79. The average molecular weight is 257 g/mol. The second-order valence-corrected chi connectivity index (χ2v) is 4.95. The number of hydrogen-bond donors (Lipinski definition) is 0. The molecule has 0 saturated heterocycles. The van der Waals surface area contributed by atoms with Gasteiger partial charge in [-0.2, -0.15) is 0 Å². The third kappa shape index (κ3) is 2.15. The summed E-state index contributed by atoms with van der Waals surface area (Å²) >= 11 is 3.37. The number of carbonyl (C=O) groups excluding carboxylic acids is 1. The molecule has 0 unspecified atom stereocenters. The van der Waals surface area contributed by atoms with Crippen molar-refractivity contribution in [2.45, 2.75) is 18.2 Å². The second kappa shape index (κ2) is 4.13. The number of benzene rings is 1. The number of ether oxygens (including phenoxy) is 1. The first-order valence-corrected chi connectivity index (χ1v) is 5.12. The molecular weight excluding hydrogens is 244 g/mol. The van der Waals surface area contributed by atoms with Crippen LogP contribution in [0.25, 0.3) is 0 Å². The van der Waals surface area contributed by atoms with Crippen LogP contribution < -0.4 is 0 Å². The summed E-state index contributed by atoms with van der Waals surface area (Å²) < 4.78 is 3.96. The summed E-state index contributed by atoms with van der Waals surface area (Å²) in [5.41, 5.74) is 2.07. The second-order valence-electron chi connectivity index (χ2n) is 3.36. The molecule has 0 saturated carbocycles. The molecule has 2 nitrogen and oxygen atoms in total. The number of alkyl halides is 1. The molecule has 76 valence electrons.